The predicted octanol–water partition coefficient (Wildman–Crippen LogP) is 4.43. The van der Waals surface area contributed by atoms with Crippen LogP contribution in [0.4, 0.5) is 5.69 Å². The number of hydrogen-bond acceptors (Lipinski definition) is 5. The monoisotopic (exact) mass is 406 g/mol. The number of rotatable bonds is 4. The van der Waals surface area contributed by atoms with Crippen molar-refractivity contribution in [1.29, 1.82) is 0 Å². The largest absolute Gasteiger partial charge is 0.322 e. The number of aromatic nitrogens is 1. The summed E-state index contributed by atoms with van der Waals surface area (Å²) in [6.45, 7) is 1.94. The summed E-state index contributed by atoms with van der Waals surface area (Å²) in [5, 5.41) is 5.80. The number of carbonyl (C=O) groups is 1. The van der Waals surface area contributed by atoms with Crippen LogP contribution in [0.5, 0.6) is 0 Å². The van der Waals surface area contributed by atoms with Gasteiger partial charge in [-0.1, -0.05) is 23.7 Å². The lowest BCUT2D eigenvalue weighted by Gasteiger charge is -2.08. The van der Waals surface area contributed by atoms with Crippen molar-refractivity contribution in [2.75, 3.05) is 11.6 Å². The van der Waals surface area contributed by atoms with Gasteiger partial charge in [-0.25, -0.2) is 13.4 Å². The van der Waals surface area contributed by atoms with Crippen LogP contribution in [0.1, 0.15) is 15.4 Å². The molecule has 0 aliphatic heterocycles. The molecule has 5 nitrogen and oxygen atoms in total. The van der Waals surface area contributed by atoms with E-state index in [-0.39, 0.29) is 15.5 Å². The van der Waals surface area contributed by atoms with E-state index in [9.17, 15) is 13.2 Å². The Bertz CT molecular complexity index is 1070. The minimum absolute atomic E-state index is 0.0685. The average Bonchev–Trinajstić information content (AvgIpc) is 3.01. The summed E-state index contributed by atoms with van der Waals surface area (Å²) < 4.78 is 23.5. The number of nitrogens with zero attached hydrogens (tertiary/aromatic N) is 1. The Morgan fingerprint density at radius 2 is 1.85 bits per heavy atom. The Morgan fingerprint density at radius 1 is 1.15 bits per heavy atom. The van der Waals surface area contributed by atoms with Crippen LogP contribution in [0.25, 0.3) is 11.3 Å². The number of hydrogen-bond donors (Lipinski definition) is 1. The highest BCUT2D eigenvalue weighted by molar-refractivity contribution is 7.90. The fourth-order valence-corrected chi connectivity index (χ4v) is 4.28. The first-order valence-corrected chi connectivity index (χ1v) is 10.7. The molecule has 1 heterocycles. The van der Waals surface area contributed by atoms with E-state index in [4.69, 9.17) is 11.6 Å². The first-order valence-electron chi connectivity index (χ1n) is 7.57. The molecule has 1 N–H and O–H groups in total. The molecule has 1 amide bonds. The van der Waals surface area contributed by atoms with Gasteiger partial charge in [-0.2, -0.15) is 0 Å². The molecule has 3 aromatic rings. The molecule has 0 aliphatic rings. The summed E-state index contributed by atoms with van der Waals surface area (Å²) in [5.41, 5.74) is 2.66. The van der Waals surface area contributed by atoms with Crippen molar-refractivity contribution >= 4 is 44.4 Å². The molecule has 3 rings (SSSR count). The molecule has 0 saturated heterocycles. The van der Waals surface area contributed by atoms with Gasteiger partial charge in [0.15, 0.2) is 9.84 Å². The summed E-state index contributed by atoms with van der Waals surface area (Å²) in [7, 11) is -3.51. The Labute approximate surface area is 160 Å². The van der Waals surface area contributed by atoms with Crippen LogP contribution in [-0.2, 0) is 9.84 Å². The molecule has 0 spiro atoms. The zero-order valence-corrected chi connectivity index (χ0v) is 16.4. The predicted molar refractivity (Wildman–Crippen MR) is 105 cm³/mol. The second kappa shape index (κ2) is 7.19. The minimum Gasteiger partial charge on any atom is -0.322 e. The molecule has 0 atom stereocenters. The van der Waals surface area contributed by atoms with Crippen LogP contribution in [0.3, 0.4) is 0 Å². The number of halogens is 1. The number of sulfone groups is 1. The third-order valence-corrected chi connectivity index (χ3v) is 6.00. The molecule has 8 heteroatoms. The third-order valence-electron chi connectivity index (χ3n) is 3.65. The molecule has 2 aromatic carbocycles. The average molecular weight is 407 g/mol. The van der Waals surface area contributed by atoms with E-state index in [1.165, 1.54) is 18.2 Å². The second-order valence-electron chi connectivity index (χ2n) is 5.70. The van der Waals surface area contributed by atoms with E-state index >= 15 is 0 Å². The van der Waals surface area contributed by atoms with Crippen molar-refractivity contribution in [3.8, 4) is 11.3 Å². The summed E-state index contributed by atoms with van der Waals surface area (Å²) in [6.07, 6.45) is 1.05. The van der Waals surface area contributed by atoms with E-state index in [0.29, 0.717) is 5.69 Å². The molecule has 0 radical (unpaired) electrons. The number of aryl methyl sites for hydroxylation is 1. The number of thiazole rings is 1. The van der Waals surface area contributed by atoms with Crippen LogP contribution in [0.15, 0.2) is 52.7 Å². The number of carbonyl (C=O) groups excluding carboxylic acids is 1. The lowest BCUT2D eigenvalue weighted by molar-refractivity contribution is 0.102. The van der Waals surface area contributed by atoms with Gasteiger partial charge in [-0.3, -0.25) is 4.79 Å². The van der Waals surface area contributed by atoms with Gasteiger partial charge >= 0.3 is 0 Å². The van der Waals surface area contributed by atoms with Crippen LogP contribution < -0.4 is 5.32 Å². The summed E-state index contributed by atoms with van der Waals surface area (Å²) in [4.78, 5) is 16.8. The topological polar surface area (TPSA) is 76.1 Å². The zero-order valence-electron chi connectivity index (χ0n) is 14.0. The minimum atomic E-state index is -3.51. The van der Waals surface area contributed by atoms with Gasteiger partial charge in [-0.15, -0.1) is 11.3 Å². The number of anilines is 1. The Morgan fingerprint density at radius 3 is 2.42 bits per heavy atom. The molecule has 0 unspecified atom stereocenters. The molecule has 0 saturated carbocycles. The van der Waals surface area contributed by atoms with Crippen molar-refractivity contribution < 1.29 is 13.2 Å². The van der Waals surface area contributed by atoms with Crippen molar-refractivity contribution in [2.45, 2.75) is 11.8 Å². The highest BCUT2D eigenvalue weighted by Crippen LogP contribution is 2.25. The van der Waals surface area contributed by atoms with E-state index in [2.05, 4.69) is 10.3 Å². The SMILES string of the molecule is Cc1nc(-c2ccc(NC(=O)c3ccc(Cl)c(S(C)(=O)=O)c3)cc2)cs1. The number of nitrogens with one attached hydrogen (secondary N) is 1. The lowest BCUT2D eigenvalue weighted by Crippen LogP contribution is -2.13. The Hall–Kier alpha value is -2.22. The van der Waals surface area contributed by atoms with Crippen molar-refractivity contribution in [1.82, 2.24) is 4.98 Å². The maximum atomic E-state index is 12.4. The first-order chi connectivity index (χ1) is 12.2. The first kappa shape index (κ1) is 18.6. The van der Waals surface area contributed by atoms with Crippen LogP contribution in [0.2, 0.25) is 5.02 Å². The van der Waals surface area contributed by atoms with Crippen LogP contribution >= 0.6 is 22.9 Å². The third kappa shape index (κ3) is 4.12. The van der Waals surface area contributed by atoms with Crippen LogP contribution in [0, 0.1) is 6.92 Å². The Kier molecular flexibility index (Phi) is 5.13. The van der Waals surface area contributed by atoms with E-state index < -0.39 is 15.7 Å². The van der Waals surface area contributed by atoms with Crippen molar-refractivity contribution in [3.05, 3.63) is 63.4 Å². The molecule has 1 aromatic heterocycles. The fourth-order valence-electron chi connectivity index (χ4n) is 2.35. The van der Waals surface area contributed by atoms with Gasteiger partial charge in [0.1, 0.15) is 0 Å². The normalized spacial score (nSPS) is 11.3. The van der Waals surface area contributed by atoms with E-state index in [1.807, 2.05) is 24.4 Å². The van der Waals surface area contributed by atoms with Gasteiger partial charge in [0.2, 0.25) is 0 Å². The highest BCUT2D eigenvalue weighted by atomic mass is 35.5. The summed E-state index contributed by atoms with van der Waals surface area (Å²) in [5.74, 6) is -0.413. The molecule has 0 bridgehead atoms. The fraction of sp³-hybridized carbons (Fsp3) is 0.111. The second-order valence-corrected chi connectivity index (χ2v) is 9.15. The zero-order chi connectivity index (χ0) is 18.9. The van der Waals surface area contributed by atoms with Gasteiger partial charge < -0.3 is 5.32 Å². The number of benzene rings is 2. The van der Waals surface area contributed by atoms with Crippen molar-refractivity contribution in [2.24, 2.45) is 0 Å². The maximum Gasteiger partial charge on any atom is 0.255 e. The van der Waals surface area contributed by atoms with Gasteiger partial charge in [0, 0.05) is 28.5 Å². The maximum absolute atomic E-state index is 12.4. The van der Waals surface area contributed by atoms with Gasteiger partial charge in [0.05, 0.1) is 20.6 Å². The standard InChI is InChI=1S/C18H15ClN2O3S2/c1-11-20-16(10-25-11)12-3-6-14(7-4-12)21-18(22)13-5-8-15(19)17(9-13)26(2,23)24/h3-10H,1-2H3,(H,21,22). The molecule has 26 heavy (non-hydrogen) atoms. The molecular formula is C18H15ClN2O3S2. The van der Waals surface area contributed by atoms with Crippen LogP contribution in [-0.4, -0.2) is 25.6 Å². The van der Waals surface area contributed by atoms with Gasteiger partial charge in [0.25, 0.3) is 5.91 Å². The highest BCUT2D eigenvalue weighted by Gasteiger charge is 2.16. The summed E-state index contributed by atoms with van der Waals surface area (Å²) in [6, 6.07) is 11.4. The quantitative estimate of drug-likeness (QED) is 0.695. The molecule has 134 valence electrons. The summed E-state index contributed by atoms with van der Waals surface area (Å²) >= 11 is 7.48. The van der Waals surface area contributed by atoms with E-state index in [1.54, 1.807) is 23.5 Å². The molecule has 0 aliphatic carbocycles. The van der Waals surface area contributed by atoms with Gasteiger partial charge in [-0.05, 0) is 37.3 Å². The molecular weight excluding hydrogens is 392 g/mol. The van der Waals surface area contributed by atoms with E-state index in [0.717, 1.165) is 22.5 Å². The smallest absolute Gasteiger partial charge is 0.255 e. The molecule has 0 fully saturated rings. The van der Waals surface area contributed by atoms with Crippen molar-refractivity contribution in [3.63, 3.8) is 0 Å². The Balaban J connectivity index is 1.80. The number of amides is 1. The lowest BCUT2D eigenvalue weighted by atomic mass is 10.1.